The van der Waals surface area contributed by atoms with E-state index in [0.29, 0.717) is 13.2 Å². The van der Waals surface area contributed by atoms with Crippen molar-refractivity contribution in [2.24, 2.45) is 0 Å². The molecule has 5 heteroatoms. The van der Waals surface area contributed by atoms with Crippen LogP contribution >= 0.6 is 0 Å². The zero-order valence-electron chi connectivity index (χ0n) is 13.1. The Bertz CT molecular complexity index is 568. The molecule has 0 spiro atoms. The van der Waals surface area contributed by atoms with E-state index in [-0.39, 0.29) is 12.6 Å². The molecule has 0 radical (unpaired) electrons. The van der Waals surface area contributed by atoms with Crippen molar-refractivity contribution in [1.29, 1.82) is 0 Å². The maximum absolute atomic E-state index is 9.21. The number of nitrogens with one attached hydrogen (secondary N) is 1. The van der Waals surface area contributed by atoms with Crippen LogP contribution in [0.15, 0.2) is 18.2 Å². The number of hydrogen-bond acceptors (Lipinski definition) is 4. The van der Waals surface area contributed by atoms with E-state index in [1.165, 1.54) is 0 Å². The number of benzene rings is 1. The van der Waals surface area contributed by atoms with Crippen LogP contribution in [-0.4, -0.2) is 46.3 Å². The minimum Gasteiger partial charge on any atom is -0.494 e. The molecule has 0 amide bonds. The molecule has 0 aliphatic carbocycles. The van der Waals surface area contributed by atoms with Gasteiger partial charge in [-0.1, -0.05) is 13.8 Å². The van der Waals surface area contributed by atoms with Crippen LogP contribution in [-0.2, 0) is 0 Å². The monoisotopic (exact) mass is 291 g/mol. The Morgan fingerprint density at radius 1 is 1.33 bits per heavy atom. The van der Waals surface area contributed by atoms with E-state index in [2.05, 4.69) is 23.7 Å². The van der Waals surface area contributed by atoms with Gasteiger partial charge in [-0.2, -0.15) is 0 Å². The number of likely N-dealkylation sites (N-methyl/N-ethyl adjacent to an activating group) is 1. The second-order valence-corrected chi connectivity index (χ2v) is 5.01. The molecular weight excluding hydrogens is 266 g/mol. The number of ether oxygens (including phenoxy) is 1. The molecule has 2 N–H and O–H groups in total. The van der Waals surface area contributed by atoms with Gasteiger partial charge in [-0.15, -0.1) is 0 Å². The van der Waals surface area contributed by atoms with E-state index in [1.54, 1.807) is 0 Å². The highest BCUT2D eigenvalue weighted by atomic mass is 16.5. The summed E-state index contributed by atoms with van der Waals surface area (Å²) in [4.78, 5) is 10.3. The molecule has 116 valence electrons. The molecule has 0 fully saturated rings. The average Bonchev–Trinajstić information content (AvgIpc) is 2.90. The van der Waals surface area contributed by atoms with Crippen molar-refractivity contribution in [3.05, 3.63) is 24.0 Å². The lowest BCUT2D eigenvalue weighted by Gasteiger charge is -2.27. The second-order valence-electron chi connectivity index (χ2n) is 5.01. The van der Waals surface area contributed by atoms with E-state index in [4.69, 9.17) is 9.72 Å². The van der Waals surface area contributed by atoms with Crippen molar-refractivity contribution < 1.29 is 9.84 Å². The quantitative estimate of drug-likeness (QED) is 0.785. The zero-order valence-corrected chi connectivity index (χ0v) is 13.1. The number of aliphatic hydroxyl groups is 1. The van der Waals surface area contributed by atoms with Gasteiger partial charge in [-0.25, -0.2) is 4.98 Å². The fraction of sp³-hybridized carbons (Fsp3) is 0.562. The summed E-state index contributed by atoms with van der Waals surface area (Å²) in [6.07, 6.45) is 0.950. The van der Waals surface area contributed by atoms with Gasteiger partial charge in [0, 0.05) is 12.6 Å². The fourth-order valence-corrected chi connectivity index (χ4v) is 2.71. The number of rotatable bonds is 8. The van der Waals surface area contributed by atoms with Gasteiger partial charge in [-0.05, 0) is 32.0 Å². The lowest BCUT2D eigenvalue weighted by atomic mass is 10.2. The van der Waals surface area contributed by atoms with Crippen LogP contribution in [0.1, 0.15) is 39.1 Å². The molecule has 21 heavy (non-hydrogen) atoms. The molecule has 0 saturated carbocycles. The van der Waals surface area contributed by atoms with Crippen molar-refractivity contribution >= 4 is 11.0 Å². The number of H-pyrrole nitrogens is 1. The predicted octanol–water partition coefficient (Wildman–Crippen LogP) is 2.73. The first-order chi connectivity index (χ1) is 10.2. The predicted molar refractivity (Wildman–Crippen MR) is 84.6 cm³/mol. The van der Waals surface area contributed by atoms with Crippen LogP contribution in [0.4, 0.5) is 0 Å². The minimum absolute atomic E-state index is 0.166. The largest absolute Gasteiger partial charge is 0.494 e. The number of aromatic nitrogens is 2. The molecule has 2 rings (SSSR count). The van der Waals surface area contributed by atoms with Crippen molar-refractivity contribution in [3.63, 3.8) is 0 Å². The highest BCUT2D eigenvalue weighted by molar-refractivity contribution is 5.76. The van der Waals surface area contributed by atoms with E-state index < -0.39 is 0 Å². The van der Waals surface area contributed by atoms with Gasteiger partial charge < -0.3 is 14.8 Å². The third kappa shape index (κ3) is 3.54. The van der Waals surface area contributed by atoms with E-state index >= 15 is 0 Å². The standard InChI is InChI=1S/C16H25N3O2/c1-4-15(19(5-2)9-10-20)16-17-13-8-7-12(21-6-3)11-14(13)18-16/h7-8,11,15,20H,4-6,9-10H2,1-3H3,(H,17,18). The van der Waals surface area contributed by atoms with Crippen molar-refractivity contribution in [1.82, 2.24) is 14.9 Å². The zero-order chi connectivity index (χ0) is 15.2. The van der Waals surface area contributed by atoms with Gasteiger partial charge in [0.1, 0.15) is 11.6 Å². The second kappa shape index (κ2) is 7.43. The molecule has 0 aliphatic rings. The molecule has 0 aliphatic heterocycles. The molecule has 2 aromatic rings. The molecule has 1 heterocycles. The van der Waals surface area contributed by atoms with Gasteiger partial charge in [-0.3, -0.25) is 4.90 Å². The fourth-order valence-electron chi connectivity index (χ4n) is 2.71. The molecule has 5 nitrogen and oxygen atoms in total. The Balaban J connectivity index is 2.31. The van der Waals surface area contributed by atoms with Gasteiger partial charge >= 0.3 is 0 Å². The van der Waals surface area contributed by atoms with Crippen LogP contribution < -0.4 is 4.74 Å². The lowest BCUT2D eigenvalue weighted by Crippen LogP contribution is -2.31. The summed E-state index contributed by atoms with van der Waals surface area (Å²) in [6.45, 7) is 8.60. The number of aromatic amines is 1. The summed E-state index contributed by atoms with van der Waals surface area (Å²) in [5, 5.41) is 9.21. The van der Waals surface area contributed by atoms with Crippen LogP contribution in [0.2, 0.25) is 0 Å². The SMILES string of the molecule is CCOc1ccc2nc(C(CC)N(CC)CCO)[nH]c2c1. The number of nitrogens with zero attached hydrogens (tertiary/aromatic N) is 2. The average molecular weight is 291 g/mol. The topological polar surface area (TPSA) is 61.4 Å². The van der Waals surface area contributed by atoms with Gasteiger partial charge in [0.05, 0.1) is 30.3 Å². The lowest BCUT2D eigenvalue weighted by molar-refractivity contribution is 0.149. The summed E-state index contributed by atoms with van der Waals surface area (Å²) in [6, 6.07) is 6.12. The molecule has 0 saturated heterocycles. The number of imidazole rings is 1. The first-order valence-electron chi connectivity index (χ1n) is 7.70. The molecule has 0 bridgehead atoms. The maximum Gasteiger partial charge on any atom is 0.124 e. The summed E-state index contributed by atoms with van der Waals surface area (Å²) >= 11 is 0. The minimum atomic E-state index is 0.166. The smallest absolute Gasteiger partial charge is 0.124 e. The van der Waals surface area contributed by atoms with E-state index in [1.807, 2.05) is 25.1 Å². The molecule has 1 aromatic heterocycles. The summed E-state index contributed by atoms with van der Waals surface area (Å²) in [5.41, 5.74) is 1.95. The van der Waals surface area contributed by atoms with Crippen LogP contribution in [0.5, 0.6) is 5.75 Å². The van der Waals surface area contributed by atoms with Crippen molar-refractivity contribution in [2.45, 2.75) is 33.2 Å². The third-order valence-corrected chi connectivity index (χ3v) is 3.72. The van der Waals surface area contributed by atoms with E-state index in [0.717, 1.165) is 35.6 Å². The Kier molecular flexibility index (Phi) is 5.59. The Morgan fingerprint density at radius 2 is 2.14 bits per heavy atom. The van der Waals surface area contributed by atoms with Gasteiger partial charge in [0.2, 0.25) is 0 Å². The molecular formula is C16H25N3O2. The summed E-state index contributed by atoms with van der Waals surface area (Å²) in [5.74, 6) is 1.81. The van der Waals surface area contributed by atoms with Crippen LogP contribution in [0.3, 0.4) is 0 Å². The Hall–Kier alpha value is -1.59. The van der Waals surface area contributed by atoms with E-state index in [9.17, 15) is 5.11 Å². The molecule has 1 unspecified atom stereocenters. The first-order valence-corrected chi connectivity index (χ1v) is 7.70. The van der Waals surface area contributed by atoms with Crippen molar-refractivity contribution in [3.8, 4) is 5.75 Å². The summed E-state index contributed by atoms with van der Waals surface area (Å²) in [7, 11) is 0. The normalized spacial score (nSPS) is 13.0. The van der Waals surface area contributed by atoms with Gasteiger partial charge in [0.15, 0.2) is 0 Å². The van der Waals surface area contributed by atoms with Crippen LogP contribution in [0, 0.1) is 0 Å². The summed E-state index contributed by atoms with van der Waals surface area (Å²) < 4.78 is 5.53. The van der Waals surface area contributed by atoms with Gasteiger partial charge in [0.25, 0.3) is 0 Å². The number of aliphatic hydroxyl groups excluding tert-OH is 1. The van der Waals surface area contributed by atoms with Crippen LogP contribution in [0.25, 0.3) is 11.0 Å². The Morgan fingerprint density at radius 3 is 2.76 bits per heavy atom. The highest BCUT2D eigenvalue weighted by Gasteiger charge is 2.20. The van der Waals surface area contributed by atoms with Crippen molar-refractivity contribution in [2.75, 3.05) is 26.3 Å². The first kappa shape index (κ1) is 15.8. The molecule has 1 aromatic carbocycles. The number of hydrogen-bond donors (Lipinski definition) is 2. The highest BCUT2D eigenvalue weighted by Crippen LogP contribution is 2.26. The maximum atomic E-state index is 9.21. The molecule has 1 atom stereocenters. The Labute approximate surface area is 125 Å². The third-order valence-electron chi connectivity index (χ3n) is 3.72. The number of fused-ring (bicyclic) bond motifs is 1.